The molecule has 0 aliphatic heterocycles. The number of carboxylic acids is 4. The molecule has 0 atom stereocenters. The van der Waals surface area contributed by atoms with Crippen LogP contribution in [0.1, 0.15) is 59.8 Å². The Bertz CT molecular complexity index is 722. The fourth-order valence-corrected chi connectivity index (χ4v) is 2.89. The summed E-state index contributed by atoms with van der Waals surface area (Å²) in [5.74, 6) is -4.53. The second-order valence-electron chi connectivity index (χ2n) is 7.30. The Balaban J connectivity index is 5.83. The Hall–Kier alpha value is -3.16. The molecular weight excluding hydrogens is 392 g/mol. The van der Waals surface area contributed by atoms with Gasteiger partial charge in [-0.1, -0.05) is 37.1 Å². The average Bonchev–Trinajstić information content (AvgIpc) is 2.63. The first-order valence-corrected chi connectivity index (χ1v) is 9.49. The third kappa shape index (κ3) is 9.86. The van der Waals surface area contributed by atoms with Crippen molar-refractivity contribution >= 4 is 23.9 Å². The van der Waals surface area contributed by atoms with Gasteiger partial charge in [0.05, 0.1) is 0 Å². The first-order valence-electron chi connectivity index (χ1n) is 9.49. The summed E-state index contributed by atoms with van der Waals surface area (Å²) in [6.45, 7) is 5.60. The van der Waals surface area contributed by atoms with Crippen molar-refractivity contribution in [2.45, 2.75) is 59.8 Å². The molecule has 30 heavy (non-hydrogen) atoms. The Labute approximate surface area is 175 Å². The highest BCUT2D eigenvalue weighted by Crippen LogP contribution is 2.35. The zero-order valence-electron chi connectivity index (χ0n) is 17.8. The Morgan fingerprint density at radius 3 is 1.30 bits per heavy atom. The quantitative estimate of drug-likeness (QED) is 0.256. The van der Waals surface area contributed by atoms with Gasteiger partial charge >= 0.3 is 23.9 Å². The standard InChI is InChI=1S/C22H30O8/c1-14(18(23)24)9-7-5-6-8-10-22(11-15(2)19(25)26,12-16(3)20(27)28)13-17(4)21(29)30/h9,11-13H,5-8,10H2,1-4H3,(H,23,24)(H,25,26)(H,27,28)(H,29,30). The number of allylic oxidation sites excluding steroid dienone is 4. The second kappa shape index (κ2) is 12.4. The molecule has 166 valence electrons. The van der Waals surface area contributed by atoms with Gasteiger partial charge < -0.3 is 20.4 Å². The van der Waals surface area contributed by atoms with E-state index < -0.39 is 29.3 Å². The Morgan fingerprint density at radius 1 is 0.600 bits per heavy atom. The molecule has 0 spiro atoms. The third-order valence-electron chi connectivity index (χ3n) is 4.57. The average molecular weight is 422 g/mol. The molecule has 4 N–H and O–H groups in total. The van der Waals surface area contributed by atoms with Crippen LogP contribution in [0.4, 0.5) is 0 Å². The third-order valence-corrected chi connectivity index (χ3v) is 4.57. The summed E-state index contributed by atoms with van der Waals surface area (Å²) < 4.78 is 0. The van der Waals surface area contributed by atoms with Gasteiger partial charge in [-0.3, -0.25) is 0 Å². The summed E-state index contributed by atoms with van der Waals surface area (Å²) >= 11 is 0. The minimum Gasteiger partial charge on any atom is -0.478 e. The molecular formula is C22H30O8. The molecule has 0 unspecified atom stereocenters. The summed E-state index contributed by atoms with van der Waals surface area (Å²) in [4.78, 5) is 44.9. The van der Waals surface area contributed by atoms with Gasteiger partial charge in [0, 0.05) is 27.7 Å². The first kappa shape index (κ1) is 26.8. The lowest BCUT2D eigenvalue weighted by Gasteiger charge is -2.26. The van der Waals surface area contributed by atoms with Crippen LogP contribution >= 0.6 is 0 Å². The molecule has 0 aromatic heterocycles. The number of rotatable bonds is 13. The van der Waals surface area contributed by atoms with E-state index in [4.69, 9.17) is 5.11 Å². The number of hydrogen-bond acceptors (Lipinski definition) is 4. The van der Waals surface area contributed by atoms with E-state index in [2.05, 4.69) is 0 Å². The van der Waals surface area contributed by atoms with Crippen molar-refractivity contribution in [2.75, 3.05) is 0 Å². The topological polar surface area (TPSA) is 149 Å². The SMILES string of the molecule is CC(=CCCCCCC(C=C(C)C(=O)O)(C=C(C)C(=O)O)C=C(C)C(=O)O)C(=O)O. The summed E-state index contributed by atoms with van der Waals surface area (Å²) in [5.41, 5.74) is -1.03. The number of carboxylic acid groups (broad SMARTS) is 4. The van der Waals surface area contributed by atoms with Crippen molar-refractivity contribution in [3.8, 4) is 0 Å². The smallest absolute Gasteiger partial charge is 0.330 e. The van der Waals surface area contributed by atoms with E-state index >= 15 is 0 Å². The van der Waals surface area contributed by atoms with Crippen LogP contribution in [0, 0.1) is 5.41 Å². The highest BCUT2D eigenvalue weighted by Gasteiger charge is 2.26. The van der Waals surface area contributed by atoms with Crippen LogP contribution < -0.4 is 0 Å². The number of unbranched alkanes of at least 4 members (excludes halogenated alkanes) is 3. The molecule has 0 amide bonds. The van der Waals surface area contributed by atoms with Crippen LogP contribution in [-0.2, 0) is 19.2 Å². The normalized spacial score (nSPS) is 15.5. The van der Waals surface area contributed by atoms with Crippen LogP contribution in [0.25, 0.3) is 0 Å². The number of hydrogen-bond donors (Lipinski definition) is 4. The minimum atomic E-state index is -1.19. The molecule has 0 saturated heterocycles. The maximum Gasteiger partial charge on any atom is 0.330 e. The van der Waals surface area contributed by atoms with Gasteiger partial charge in [0.25, 0.3) is 0 Å². The summed E-state index contributed by atoms with van der Waals surface area (Å²) in [7, 11) is 0. The van der Waals surface area contributed by atoms with Crippen molar-refractivity contribution in [2.24, 2.45) is 5.41 Å². The zero-order chi connectivity index (χ0) is 23.5. The predicted octanol–water partition coefficient (Wildman–Crippen LogP) is 4.05. The zero-order valence-corrected chi connectivity index (χ0v) is 17.8. The molecule has 0 radical (unpaired) electrons. The summed E-state index contributed by atoms with van der Waals surface area (Å²) in [5, 5.41) is 36.7. The Morgan fingerprint density at radius 2 is 0.967 bits per heavy atom. The lowest BCUT2D eigenvalue weighted by Crippen LogP contribution is -2.18. The van der Waals surface area contributed by atoms with Gasteiger partial charge in [-0.25, -0.2) is 19.2 Å². The van der Waals surface area contributed by atoms with Crippen molar-refractivity contribution in [1.82, 2.24) is 0 Å². The van der Waals surface area contributed by atoms with E-state index in [1.54, 1.807) is 6.08 Å². The van der Waals surface area contributed by atoms with Crippen molar-refractivity contribution in [1.29, 1.82) is 0 Å². The van der Waals surface area contributed by atoms with Gasteiger partial charge in [-0.05, 0) is 47.0 Å². The van der Waals surface area contributed by atoms with E-state index in [0.29, 0.717) is 32.1 Å². The number of carbonyl (C=O) groups is 4. The molecule has 0 fully saturated rings. The fraction of sp³-hybridized carbons (Fsp3) is 0.455. The van der Waals surface area contributed by atoms with E-state index in [0.717, 1.165) is 0 Å². The molecule has 0 heterocycles. The van der Waals surface area contributed by atoms with E-state index in [1.807, 2.05) is 0 Å². The van der Waals surface area contributed by atoms with Gasteiger partial charge in [-0.15, -0.1) is 0 Å². The molecule has 0 saturated carbocycles. The minimum absolute atomic E-state index is 0.0288. The first-order chi connectivity index (χ1) is 13.8. The van der Waals surface area contributed by atoms with Gasteiger partial charge in [0.1, 0.15) is 0 Å². The molecule has 0 aromatic rings. The molecule has 0 aliphatic rings. The van der Waals surface area contributed by atoms with Crippen LogP contribution in [0.5, 0.6) is 0 Å². The Kier molecular flexibility index (Phi) is 11.1. The summed E-state index contributed by atoms with van der Waals surface area (Å²) in [6.07, 6.45) is 8.52. The van der Waals surface area contributed by atoms with Gasteiger partial charge in [0.2, 0.25) is 0 Å². The van der Waals surface area contributed by atoms with Crippen molar-refractivity contribution in [3.05, 3.63) is 46.6 Å². The highest BCUT2D eigenvalue weighted by molar-refractivity contribution is 5.89. The largest absolute Gasteiger partial charge is 0.478 e. The van der Waals surface area contributed by atoms with Crippen LogP contribution in [0.15, 0.2) is 46.6 Å². The van der Waals surface area contributed by atoms with Crippen LogP contribution in [-0.4, -0.2) is 44.3 Å². The molecule has 8 nitrogen and oxygen atoms in total. The highest BCUT2D eigenvalue weighted by atomic mass is 16.4. The predicted molar refractivity (Wildman–Crippen MR) is 111 cm³/mol. The lowest BCUT2D eigenvalue weighted by molar-refractivity contribution is -0.133. The molecule has 8 heteroatoms. The molecule has 0 aromatic carbocycles. The maximum atomic E-state index is 11.4. The van der Waals surface area contributed by atoms with E-state index in [-0.39, 0.29) is 22.3 Å². The molecule has 0 aliphatic carbocycles. The monoisotopic (exact) mass is 422 g/mol. The van der Waals surface area contributed by atoms with E-state index in [1.165, 1.54) is 45.9 Å². The van der Waals surface area contributed by atoms with Gasteiger partial charge in [-0.2, -0.15) is 0 Å². The van der Waals surface area contributed by atoms with E-state index in [9.17, 15) is 34.5 Å². The lowest BCUT2D eigenvalue weighted by atomic mass is 9.77. The number of aliphatic carboxylic acids is 4. The van der Waals surface area contributed by atoms with Crippen molar-refractivity contribution in [3.63, 3.8) is 0 Å². The molecule has 0 rings (SSSR count). The van der Waals surface area contributed by atoms with Crippen LogP contribution in [0.2, 0.25) is 0 Å². The fourth-order valence-electron chi connectivity index (χ4n) is 2.89. The summed E-state index contributed by atoms with van der Waals surface area (Å²) in [6, 6.07) is 0. The van der Waals surface area contributed by atoms with Gasteiger partial charge in [0.15, 0.2) is 0 Å². The van der Waals surface area contributed by atoms with Crippen molar-refractivity contribution < 1.29 is 39.6 Å². The van der Waals surface area contributed by atoms with Crippen LogP contribution in [0.3, 0.4) is 0 Å². The maximum absolute atomic E-state index is 11.4. The molecule has 0 bridgehead atoms. The second-order valence-corrected chi connectivity index (χ2v) is 7.30.